The van der Waals surface area contributed by atoms with Gasteiger partial charge in [-0.25, -0.2) is 0 Å². The maximum Gasteiger partial charge on any atom is 0.302 e. The molecule has 26 heavy (non-hydrogen) atoms. The summed E-state index contributed by atoms with van der Waals surface area (Å²) in [6.45, 7) is 8.66. The molecule has 0 aromatic carbocycles. The number of nitrogens with zero attached hydrogens (tertiary/aromatic N) is 2. The van der Waals surface area contributed by atoms with Crippen molar-refractivity contribution in [2.45, 2.75) is 53.0 Å². The second kappa shape index (κ2) is 7.78. The summed E-state index contributed by atoms with van der Waals surface area (Å²) in [6.07, 6.45) is 3.45. The molecule has 1 saturated heterocycles. The lowest BCUT2D eigenvalue weighted by atomic mass is 9.75. The molecule has 1 fully saturated rings. The lowest BCUT2D eigenvalue weighted by Crippen LogP contribution is -2.40. The molecule has 144 valence electrons. The van der Waals surface area contributed by atoms with E-state index in [2.05, 4.69) is 5.32 Å². The first-order valence-corrected chi connectivity index (χ1v) is 9.52. The molecule has 1 aromatic heterocycles. The zero-order chi connectivity index (χ0) is 18.7. The van der Waals surface area contributed by atoms with Crippen LogP contribution >= 0.6 is 0 Å². The van der Waals surface area contributed by atoms with Gasteiger partial charge in [0.15, 0.2) is 0 Å². The monoisotopic (exact) mass is 363 g/mol. The Balaban J connectivity index is 1.89. The Bertz CT molecular complexity index is 677. The largest absolute Gasteiger partial charge is 0.466 e. The first kappa shape index (κ1) is 18.9. The molecule has 0 aliphatic carbocycles. The van der Waals surface area contributed by atoms with Crippen LogP contribution in [0.3, 0.4) is 0 Å². The Morgan fingerprint density at radius 1 is 1.42 bits per heavy atom. The van der Waals surface area contributed by atoms with Crippen LogP contribution in [-0.2, 0) is 33.7 Å². The fourth-order valence-corrected chi connectivity index (χ4v) is 3.98. The third kappa shape index (κ3) is 3.92. The molecule has 1 spiro atoms. The lowest BCUT2D eigenvalue weighted by molar-refractivity contribution is -0.142. The third-order valence-corrected chi connectivity index (χ3v) is 5.49. The predicted molar refractivity (Wildman–Crippen MR) is 95.9 cm³/mol. The van der Waals surface area contributed by atoms with Crippen LogP contribution in [0.2, 0.25) is 0 Å². The molecule has 0 saturated carbocycles. The summed E-state index contributed by atoms with van der Waals surface area (Å²) in [7, 11) is 0. The molecule has 1 atom stereocenters. The number of nitrogens with one attached hydrogen (secondary N) is 1. The standard InChI is InChI=1S/C19H29N3O4/c1-4-22-17-15(16(21-22)9-13(2)11-26-14(3)23)10-19(12-20-18(17)24)5-7-25-8-6-19/h13H,4-12H2,1-3H3,(H,20,24)/t13-/m1/s1. The number of hydrogen-bond donors (Lipinski definition) is 1. The zero-order valence-corrected chi connectivity index (χ0v) is 16.0. The van der Waals surface area contributed by atoms with E-state index in [1.807, 2.05) is 18.5 Å². The minimum atomic E-state index is -0.268. The molecule has 1 aromatic rings. The number of carbonyl (C=O) groups is 2. The quantitative estimate of drug-likeness (QED) is 0.806. The Morgan fingerprint density at radius 3 is 2.81 bits per heavy atom. The molecular formula is C19H29N3O4. The van der Waals surface area contributed by atoms with E-state index in [0.29, 0.717) is 31.8 Å². The van der Waals surface area contributed by atoms with Crippen molar-refractivity contribution in [3.05, 3.63) is 17.0 Å². The van der Waals surface area contributed by atoms with Gasteiger partial charge in [-0.15, -0.1) is 0 Å². The van der Waals surface area contributed by atoms with E-state index in [-0.39, 0.29) is 23.2 Å². The van der Waals surface area contributed by atoms with E-state index < -0.39 is 0 Å². The molecule has 2 aliphatic rings. The molecule has 0 bridgehead atoms. The summed E-state index contributed by atoms with van der Waals surface area (Å²) in [5.41, 5.74) is 2.78. The number of aromatic nitrogens is 2. The number of esters is 1. The van der Waals surface area contributed by atoms with E-state index in [0.717, 1.165) is 43.7 Å². The maximum atomic E-state index is 12.8. The van der Waals surface area contributed by atoms with Crippen molar-refractivity contribution >= 4 is 11.9 Å². The topological polar surface area (TPSA) is 82.5 Å². The highest BCUT2D eigenvalue weighted by Crippen LogP contribution is 2.38. The SMILES string of the molecule is CCn1nc(C[C@@H](C)COC(C)=O)c2c1C(=O)NCC1(CCOCC1)C2. The van der Waals surface area contributed by atoms with Crippen molar-refractivity contribution in [2.75, 3.05) is 26.4 Å². The Labute approximate surface area is 154 Å². The minimum absolute atomic E-state index is 0.0309. The fourth-order valence-electron chi connectivity index (χ4n) is 3.98. The van der Waals surface area contributed by atoms with Crippen molar-refractivity contribution in [1.29, 1.82) is 0 Å². The van der Waals surface area contributed by atoms with E-state index in [9.17, 15) is 9.59 Å². The van der Waals surface area contributed by atoms with Gasteiger partial charge < -0.3 is 14.8 Å². The number of amides is 1. The summed E-state index contributed by atoms with van der Waals surface area (Å²) < 4.78 is 12.5. The summed E-state index contributed by atoms with van der Waals surface area (Å²) >= 11 is 0. The van der Waals surface area contributed by atoms with Gasteiger partial charge in [0.2, 0.25) is 0 Å². The van der Waals surface area contributed by atoms with Crippen LogP contribution in [0.15, 0.2) is 0 Å². The van der Waals surface area contributed by atoms with Gasteiger partial charge in [0.05, 0.1) is 12.3 Å². The second-order valence-corrected chi connectivity index (χ2v) is 7.67. The molecule has 7 nitrogen and oxygen atoms in total. The molecule has 3 heterocycles. The van der Waals surface area contributed by atoms with Gasteiger partial charge in [0, 0.05) is 38.8 Å². The Kier molecular flexibility index (Phi) is 5.65. The minimum Gasteiger partial charge on any atom is -0.466 e. The molecule has 1 N–H and O–H groups in total. The number of fused-ring (bicyclic) bond motifs is 1. The summed E-state index contributed by atoms with van der Waals surface area (Å²) in [6, 6.07) is 0. The average Bonchev–Trinajstić information content (AvgIpc) is 2.88. The van der Waals surface area contributed by atoms with Gasteiger partial charge >= 0.3 is 5.97 Å². The number of hydrogen-bond acceptors (Lipinski definition) is 5. The molecule has 1 amide bonds. The van der Waals surface area contributed by atoms with Crippen LogP contribution in [0, 0.1) is 11.3 Å². The first-order valence-electron chi connectivity index (χ1n) is 9.52. The van der Waals surface area contributed by atoms with Crippen molar-refractivity contribution < 1.29 is 19.1 Å². The lowest BCUT2D eigenvalue weighted by Gasteiger charge is -2.36. The number of aryl methyl sites for hydroxylation is 1. The molecule has 0 radical (unpaired) electrons. The molecule has 3 rings (SSSR count). The predicted octanol–water partition coefficient (Wildman–Crippen LogP) is 1.73. The van der Waals surface area contributed by atoms with Crippen LogP contribution in [0.4, 0.5) is 0 Å². The van der Waals surface area contributed by atoms with Crippen LogP contribution in [0.5, 0.6) is 0 Å². The average molecular weight is 363 g/mol. The maximum absolute atomic E-state index is 12.8. The Morgan fingerprint density at radius 2 is 2.15 bits per heavy atom. The third-order valence-electron chi connectivity index (χ3n) is 5.49. The van der Waals surface area contributed by atoms with Gasteiger partial charge in [0.25, 0.3) is 5.91 Å². The van der Waals surface area contributed by atoms with Crippen LogP contribution in [-0.4, -0.2) is 48.0 Å². The van der Waals surface area contributed by atoms with E-state index in [4.69, 9.17) is 14.6 Å². The number of carbonyl (C=O) groups excluding carboxylic acids is 2. The van der Waals surface area contributed by atoms with Crippen molar-refractivity contribution in [2.24, 2.45) is 11.3 Å². The highest BCUT2D eigenvalue weighted by Gasteiger charge is 2.39. The van der Waals surface area contributed by atoms with Crippen molar-refractivity contribution in [3.63, 3.8) is 0 Å². The summed E-state index contributed by atoms with van der Waals surface area (Å²) in [4.78, 5) is 23.8. The number of ether oxygens (including phenoxy) is 2. The van der Waals surface area contributed by atoms with E-state index in [1.165, 1.54) is 6.92 Å². The normalized spacial score (nSPS) is 20.2. The van der Waals surface area contributed by atoms with Crippen LogP contribution < -0.4 is 5.32 Å². The van der Waals surface area contributed by atoms with Crippen LogP contribution in [0.1, 0.15) is 55.4 Å². The van der Waals surface area contributed by atoms with Gasteiger partial charge in [-0.3, -0.25) is 14.3 Å². The second-order valence-electron chi connectivity index (χ2n) is 7.67. The van der Waals surface area contributed by atoms with Gasteiger partial charge in [-0.2, -0.15) is 5.10 Å². The highest BCUT2D eigenvalue weighted by molar-refractivity contribution is 5.94. The van der Waals surface area contributed by atoms with Gasteiger partial charge in [-0.1, -0.05) is 6.92 Å². The molecular weight excluding hydrogens is 334 g/mol. The number of rotatable bonds is 5. The van der Waals surface area contributed by atoms with Gasteiger partial charge in [-0.05, 0) is 43.9 Å². The highest BCUT2D eigenvalue weighted by atomic mass is 16.5. The van der Waals surface area contributed by atoms with E-state index in [1.54, 1.807) is 0 Å². The van der Waals surface area contributed by atoms with Gasteiger partial charge in [0.1, 0.15) is 5.69 Å². The summed E-state index contributed by atoms with van der Waals surface area (Å²) in [5, 5.41) is 7.85. The first-order chi connectivity index (χ1) is 12.4. The molecule has 7 heteroatoms. The summed E-state index contributed by atoms with van der Waals surface area (Å²) in [5.74, 6) is -0.146. The van der Waals surface area contributed by atoms with Crippen molar-refractivity contribution in [3.8, 4) is 0 Å². The fraction of sp³-hybridized carbons (Fsp3) is 0.737. The Hall–Kier alpha value is -1.89. The zero-order valence-electron chi connectivity index (χ0n) is 16.0. The smallest absolute Gasteiger partial charge is 0.302 e. The van der Waals surface area contributed by atoms with Crippen LogP contribution in [0.25, 0.3) is 0 Å². The van der Waals surface area contributed by atoms with E-state index >= 15 is 0 Å². The molecule has 2 aliphatic heterocycles. The molecule has 0 unspecified atom stereocenters. The van der Waals surface area contributed by atoms with Crippen molar-refractivity contribution in [1.82, 2.24) is 15.1 Å².